The fourth-order valence-electron chi connectivity index (χ4n) is 3.20. The van der Waals surface area contributed by atoms with E-state index in [1.807, 2.05) is 226 Å². The molecule has 0 aliphatic carbocycles. The first-order valence-corrected chi connectivity index (χ1v) is 19.9. The summed E-state index contributed by atoms with van der Waals surface area (Å²) in [7, 11) is 59.2. The predicted octanol–water partition coefficient (Wildman–Crippen LogP) is 0.355. The van der Waals surface area contributed by atoms with Crippen LogP contribution in [0.3, 0.4) is 0 Å². The van der Waals surface area contributed by atoms with E-state index in [0.29, 0.717) is 47.7 Å². The van der Waals surface area contributed by atoms with Gasteiger partial charge in [-0.1, -0.05) is 0 Å². The zero-order valence-corrected chi connectivity index (χ0v) is 47.2. The fraction of sp³-hybridized carbons (Fsp3) is 0.800. The third kappa shape index (κ3) is 50.5. The summed E-state index contributed by atoms with van der Waals surface area (Å²) in [5.41, 5.74) is 0. The summed E-state index contributed by atoms with van der Waals surface area (Å²) in [6, 6.07) is 0. The van der Waals surface area contributed by atoms with Gasteiger partial charge in [-0.2, -0.15) is 0 Å². The summed E-state index contributed by atoms with van der Waals surface area (Å²) in [5, 5.41) is 58.0. The van der Waals surface area contributed by atoms with Gasteiger partial charge in [-0.25, -0.2) is 0 Å². The average Bonchev–Trinajstić information content (AvgIpc) is 3.16. The van der Waals surface area contributed by atoms with E-state index in [2.05, 4.69) is 0 Å². The van der Waals surface area contributed by atoms with E-state index in [1.54, 1.807) is 78.4 Å². The van der Waals surface area contributed by atoms with Crippen molar-refractivity contribution in [3.63, 3.8) is 0 Å². The van der Waals surface area contributed by atoms with Gasteiger partial charge in [0.05, 0.1) is 0 Å². The van der Waals surface area contributed by atoms with Crippen molar-refractivity contribution >= 4 is 47.7 Å². The first-order valence-electron chi connectivity index (χ1n) is 19.9. The molecule has 64 heavy (non-hydrogen) atoms. The third-order valence-corrected chi connectivity index (χ3v) is 6.78. The molecular formula is C40H104N24. The Morgan fingerprint density at radius 1 is 0.125 bits per heavy atom. The summed E-state index contributed by atoms with van der Waals surface area (Å²) >= 11 is 0. The number of nitrogens with one attached hydrogen (secondary N) is 8. The second-order valence-electron chi connectivity index (χ2n) is 16.9. The normalized spacial score (nSPS) is 8.50. The second kappa shape index (κ2) is 41.2. The van der Waals surface area contributed by atoms with Crippen molar-refractivity contribution < 1.29 is 0 Å². The van der Waals surface area contributed by atoms with E-state index in [0.717, 1.165) is 0 Å². The molecule has 0 saturated carbocycles. The van der Waals surface area contributed by atoms with E-state index in [1.165, 1.54) is 0 Å². The molecule has 24 nitrogen and oxygen atoms in total. The summed E-state index contributed by atoms with van der Waals surface area (Å²) < 4.78 is 0. The van der Waals surface area contributed by atoms with Crippen molar-refractivity contribution in [3.05, 3.63) is 0 Å². The Kier molecular flexibility index (Phi) is 48.6. The van der Waals surface area contributed by atoms with Crippen LogP contribution in [-0.4, -0.2) is 352 Å². The Balaban J connectivity index is -0.0000000933. The van der Waals surface area contributed by atoms with Crippen molar-refractivity contribution in [3.8, 4) is 0 Å². The Morgan fingerprint density at radius 2 is 0.156 bits per heavy atom. The summed E-state index contributed by atoms with van der Waals surface area (Å²) in [6.07, 6.45) is 0. The maximum Gasteiger partial charge on any atom is 0.192 e. The number of hydrogen-bond donors (Lipinski definition) is 8. The molecule has 0 aliphatic rings. The molecule has 0 bridgehead atoms. The van der Waals surface area contributed by atoms with Crippen LogP contribution in [0.25, 0.3) is 0 Å². The van der Waals surface area contributed by atoms with Crippen LogP contribution >= 0.6 is 0 Å². The smallest absolute Gasteiger partial charge is 0.192 e. The number of nitrogens with zero attached hydrogens (tertiary/aromatic N) is 16. The van der Waals surface area contributed by atoms with E-state index in [9.17, 15) is 0 Å². The van der Waals surface area contributed by atoms with Crippen molar-refractivity contribution in [1.29, 1.82) is 43.3 Å². The molecule has 0 fully saturated rings. The van der Waals surface area contributed by atoms with Crippen LogP contribution < -0.4 is 0 Å². The highest BCUT2D eigenvalue weighted by atomic mass is 15.3. The summed E-state index contributed by atoms with van der Waals surface area (Å²) in [5.74, 6) is 4.15. The summed E-state index contributed by atoms with van der Waals surface area (Å²) in [6.45, 7) is 0. The van der Waals surface area contributed by atoms with Crippen LogP contribution in [0.15, 0.2) is 0 Å². The maximum atomic E-state index is 7.25. The minimum atomic E-state index is 0.519. The minimum Gasteiger partial charge on any atom is -0.349 e. The van der Waals surface area contributed by atoms with Crippen LogP contribution in [0.2, 0.25) is 0 Å². The fourth-order valence-corrected chi connectivity index (χ4v) is 3.20. The predicted molar refractivity (Wildman–Crippen MR) is 281 cm³/mol. The lowest BCUT2D eigenvalue weighted by atomic mass is 10.7. The molecule has 0 aromatic heterocycles. The first-order chi connectivity index (χ1) is 28.4. The highest BCUT2D eigenvalue weighted by Crippen LogP contribution is 1.85. The Bertz CT molecular complexity index is 893. The van der Waals surface area contributed by atoms with Gasteiger partial charge in [0, 0.05) is 226 Å². The van der Waals surface area contributed by atoms with E-state index >= 15 is 0 Å². The minimum absolute atomic E-state index is 0.519. The highest BCUT2D eigenvalue weighted by molar-refractivity contribution is 5.78. The second-order valence-corrected chi connectivity index (χ2v) is 16.9. The van der Waals surface area contributed by atoms with Crippen LogP contribution in [0.4, 0.5) is 0 Å². The standard InChI is InChI=1S/8C5H13N3/c8*1-7(2)5(6)8(3)4/h8*6H,1-4H3. The maximum absolute atomic E-state index is 7.25. The van der Waals surface area contributed by atoms with E-state index in [-0.39, 0.29) is 0 Å². The molecule has 0 aromatic carbocycles. The van der Waals surface area contributed by atoms with Crippen LogP contribution in [0.1, 0.15) is 0 Å². The molecule has 0 radical (unpaired) electrons. The van der Waals surface area contributed by atoms with Gasteiger partial charge in [0.2, 0.25) is 0 Å². The lowest BCUT2D eigenvalue weighted by Gasteiger charge is -2.19. The van der Waals surface area contributed by atoms with Gasteiger partial charge in [0.1, 0.15) is 0 Å². The van der Waals surface area contributed by atoms with Crippen LogP contribution in [0.5, 0.6) is 0 Å². The van der Waals surface area contributed by atoms with Gasteiger partial charge < -0.3 is 78.4 Å². The zero-order chi connectivity index (χ0) is 53.9. The van der Waals surface area contributed by atoms with Gasteiger partial charge in [-0.3, -0.25) is 43.3 Å². The lowest BCUT2D eigenvalue weighted by Crippen LogP contribution is -2.34. The average molecular weight is 921 g/mol. The zero-order valence-electron chi connectivity index (χ0n) is 47.2. The molecule has 0 spiro atoms. The summed E-state index contributed by atoms with van der Waals surface area (Å²) in [4.78, 5) is 28.0. The van der Waals surface area contributed by atoms with Gasteiger partial charge in [-0.15, -0.1) is 0 Å². The Morgan fingerprint density at radius 3 is 0.156 bits per heavy atom. The molecular weight excluding hydrogens is 817 g/mol. The third-order valence-electron chi connectivity index (χ3n) is 6.78. The van der Waals surface area contributed by atoms with Crippen molar-refractivity contribution in [2.45, 2.75) is 0 Å². The molecule has 0 heterocycles. The van der Waals surface area contributed by atoms with Crippen molar-refractivity contribution in [2.75, 3.05) is 226 Å². The van der Waals surface area contributed by atoms with Crippen LogP contribution in [-0.2, 0) is 0 Å². The van der Waals surface area contributed by atoms with Gasteiger partial charge in [0.15, 0.2) is 47.7 Å². The monoisotopic (exact) mass is 921 g/mol. The molecule has 0 aliphatic heterocycles. The SMILES string of the molecule is CN(C)C(=N)N(C)C.CN(C)C(=N)N(C)C.CN(C)C(=N)N(C)C.CN(C)C(=N)N(C)C.CN(C)C(=N)N(C)C.CN(C)C(=N)N(C)C.CN(C)C(=N)N(C)C.CN(C)C(=N)N(C)C. The van der Waals surface area contributed by atoms with Crippen LogP contribution in [0, 0.1) is 43.3 Å². The Hall–Kier alpha value is -5.84. The molecule has 8 N–H and O–H groups in total. The number of guanidine groups is 8. The number of hydrogen-bond acceptors (Lipinski definition) is 8. The molecule has 384 valence electrons. The van der Waals surface area contributed by atoms with Crippen molar-refractivity contribution in [1.82, 2.24) is 78.4 Å². The first kappa shape index (κ1) is 75.5. The Labute approximate surface area is 394 Å². The molecule has 0 atom stereocenters. The highest BCUT2D eigenvalue weighted by Gasteiger charge is 2.02. The quantitative estimate of drug-likeness (QED) is 0.121. The molecule has 0 amide bonds. The van der Waals surface area contributed by atoms with Gasteiger partial charge in [-0.05, 0) is 0 Å². The van der Waals surface area contributed by atoms with Crippen molar-refractivity contribution in [2.24, 2.45) is 0 Å². The molecule has 0 aromatic rings. The molecule has 0 rings (SSSR count). The topological polar surface area (TPSA) is 243 Å². The molecule has 0 saturated heterocycles. The number of rotatable bonds is 0. The van der Waals surface area contributed by atoms with Gasteiger partial charge >= 0.3 is 0 Å². The lowest BCUT2D eigenvalue weighted by molar-refractivity contribution is 0.478. The van der Waals surface area contributed by atoms with E-state index in [4.69, 9.17) is 43.3 Å². The molecule has 24 heteroatoms. The van der Waals surface area contributed by atoms with E-state index < -0.39 is 0 Å². The molecule has 0 unspecified atom stereocenters. The largest absolute Gasteiger partial charge is 0.349 e. The van der Waals surface area contributed by atoms with Gasteiger partial charge in [0.25, 0.3) is 0 Å².